The van der Waals surface area contributed by atoms with Crippen molar-refractivity contribution in [1.82, 2.24) is 4.90 Å². The van der Waals surface area contributed by atoms with Gasteiger partial charge < -0.3 is 15.0 Å². The number of anilines is 1. The molecule has 1 aliphatic heterocycles. The Balaban J connectivity index is 1.95. The molecule has 0 bridgehead atoms. The Morgan fingerprint density at radius 1 is 1.33 bits per heavy atom. The van der Waals surface area contributed by atoms with Crippen LogP contribution in [-0.4, -0.2) is 42.6 Å². The number of carbonyl (C=O) groups excluding carboxylic acids is 2. The van der Waals surface area contributed by atoms with Crippen molar-refractivity contribution < 1.29 is 31.9 Å². The highest BCUT2D eigenvalue weighted by molar-refractivity contribution is 5.92. The number of hydrogen-bond acceptors (Lipinski definition) is 3. The summed E-state index contributed by atoms with van der Waals surface area (Å²) in [6.07, 6.45) is -3.39. The molecule has 0 spiro atoms. The Labute approximate surface area is 135 Å². The lowest BCUT2D eigenvalue weighted by atomic mass is 10.2. The number of amides is 2. The van der Waals surface area contributed by atoms with Crippen LogP contribution in [0.1, 0.15) is 19.3 Å². The summed E-state index contributed by atoms with van der Waals surface area (Å²) in [5, 5.41) is 2.38. The van der Waals surface area contributed by atoms with Gasteiger partial charge in [0.25, 0.3) is 0 Å². The number of rotatable bonds is 6. The summed E-state index contributed by atoms with van der Waals surface area (Å²) in [6, 6.07) is 2.89. The summed E-state index contributed by atoms with van der Waals surface area (Å²) in [6.45, 7) is -0.783. The third kappa shape index (κ3) is 5.39. The Kier molecular flexibility index (Phi) is 5.63. The van der Waals surface area contributed by atoms with Gasteiger partial charge in [-0.3, -0.25) is 9.59 Å². The SMILES string of the molecule is O=C(CCN1CCCC1=O)Nc1ccc(F)cc1OCC(F)(F)F. The number of alkyl halides is 3. The molecule has 9 heteroatoms. The van der Waals surface area contributed by atoms with Gasteiger partial charge in [0, 0.05) is 32.0 Å². The van der Waals surface area contributed by atoms with Gasteiger partial charge >= 0.3 is 6.18 Å². The zero-order chi connectivity index (χ0) is 17.7. The van der Waals surface area contributed by atoms with Crippen LogP contribution in [0.2, 0.25) is 0 Å². The van der Waals surface area contributed by atoms with Crippen LogP contribution in [0.15, 0.2) is 18.2 Å². The number of likely N-dealkylation sites (tertiary alicyclic amines) is 1. The quantitative estimate of drug-likeness (QED) is 0.804. The van der Waals surface area contributed by atoms with Crippen LogP contribution >= 0.6 is 0 Å². The molecule has 2 amide bonds. The maximum atomic E-state index is 13.2. The van der Waals surface area contributed by atoms with Crippen LogP contribution in [0, 0.1) is 5.82 Å². The number of benzene rings is 1. The van der Waals surface area contributed by atoms with E-state index in [1.807, 2.05) is 0 Å². The lowest BCUT2D eigenvalue weighted by Crippen LogP contribution is -2.28. The highest BCUT2D eigenvalue weighted by Gasteiger charge is 2.29. The summed E-state index contributed by atoms with van der Waals surface area (Å²) in [4.78, 5) is 24.9. The first kappa shape index (κ1) is 18.0. The largest absolute Gasteiger partial charge is 0.482 e. The van der Waals surface area contributed by atoms with Crippen molar-refractivity contribution in [2.45, 2.75) is 25.4 Å². The highest BCUT2D eigenvalue weighted by atomic mass is 19.4. The monoisotopic (exact) mass is 348 g/mol. The number of ether oxygens (including phenoxy) is 1. The fourth-order valence-electron chi connectivity index (χ4n) is 2.27. The lowest BCUT2D eigenvalue weighted by Gasteiger charge is -2.16. The van der Waals surface area contributed by atoms with Crippen LogP contribution in [0.3, 0.4) is 0 Å². The summed E-state index contributed by atoms with van der Waals surface area (Å²) in [5.74, 6) is -1.72. The summed E-state index contributed by atoms with van der Waals surface area (Å²) >= 11 is 0. The van der Waals surface area contributed by atoms with Crippen LogP contribution in [0.5, 0.6) is 5.75 Å². The topological polar surface area (TPSA) is 58.6 Å². The minimum absolute atomic E-state index is 0.0121. The van der Waals surface area contributed by atoms with Crippen molar-refractivity contribution in [3.05, 3.63) is 24.0 Å². The van der Waals surface area contributed by atoms with Crippen molar-refractivity contribution in [2.24, 2.45) is 0 Å². The molecular weight excluding hydrogens is 332 g/mol. The number of carbonyl (C=O) groups is 2. The molecule has 0 radical (unpaired) electrons. The molecule has 24 heavy (non-hydrogen) atoms. The second-order valence-electron chi connectivity index (χ2n) is 5.33. The third-order valence-electron chi connectivity index (χ3n) is 3.39. The number of nitrogens with zero attached hydrogens (tertiary/aromatic N) is 1. The van der Waals surface area contributed by atoms with Crippen LogP contribution in [0.25, 0.3) is 0 Å². The Hall–Kier alpha value is -2.32. The molecule has 1 N–H and O–H groups in total. The van der Waals surface area contributed by atoms with Gasteiger partial charge in [0.15, 0.2) is 6.61 Å². The third-order valence-corrected chi connectivity index (χ3v) is 3.39. The average molecular weight is 348 g/mol. The summed E-state index contributed by atoms with van der Waals surface area (Å²) in [5.41, 5.74) is -0.0570. The molecule has 2 rings (SSSR count). The molecule has 0 saturated carbocycles. The zero-order valence-corrected chi connectivity index (χ0v) is 12.7. The van der Waals surface area contributed by atoms with E-state index in [0.29, 0.717) is 13.0 Å². The second kappa shape index (κ2) is 7.50. The summed E-state index contributed by atoms with van der Waals surface area (Å²) < 4.78 is 54.4. The van der Waals surface area contributed by atoms with Crippen molar-refractivity contribution in [3.63, 3.8) is 0 Å². The van der Waals surface area contributed by atoms with E-state index < -0.39 is 30.3 Å². The van der Waals surface area contributed by atoms with Crippen molar-refractivity contribution in [3.8, 4) is 5.75 Å². The van der Waals surface area contributed by atoms with Gasteiger partial charge in [-0.05, 0) is 18.6 Å². The number of hydrogen-bond donors (Lipinski definition) is 1. The zero-order valence-electron chi connectivity index (χ0n) is 12.7. The van der Waals surface area contributed by atoms with Gasteiger partial charge in [-0.2, -0.15) is 13.2 Å². The Bertz CT molecular complexity index is 619. The first-order chi connectivity index (χ1) is 11.2. The number of nitrogens with one attached hydrogen (secondary N) is 1. The van der Waals surface area contributed by atoms with E-state index in [1.54, 1.807) is 4.90 Å². The molecule has 5 nitrogen and oxygen atoms in total. The van der Waals surface area contributed by atoms with Gasteiger partial charge in [0.2, 0.25) is 11.8 Å². The fourth-order valence-corrected chi connectivity index (χ4v) is 2.27. The molecule has 1 aromatic carbocycles. The van der Waals surface area contributed by atoms with Crippen LogP contribution in [-0.2, 0) is 9.59 Å². The first-order valence-corrected chi connectivity index (χ1v) is 7.31. The molecule has 1 aliphatic rings. The molecule has 1 saturated heterocycles. The molecule has 132 valence electrons. The van der Waals surface area contributed by atoms with E-state index in [9.17, 15) is 27.2 Å². The molecular formula is C15H16F4N2O3. The minimum atomic E-state index is -4.58. The van der Waals surface area contributed by atoms with Gasteiger partial charge in [0.05, 0.1) is 5.69 Å². The highest BCUT2D eigenvalue weighted by Crippen LogP contribution is 2.27. The van der Waals surface area contributed by atoms with Crippen molar-refractivity contribution >= 4 is 17.5 Å². The van der Waals surface area contributed by atoms with E-state index >= 15 is 0 Å². The van der Waals surface area contributed by atoms with Crippen molar-refractivity contribution in [1.29, 1.82) is 0 Å². The van der Waals surface area contributed by atoms with Crippen molar-refractivity contribution in [2.75, 3.05) is 25.0 Å². The maximum absolute atomic E-state index is 13.2. The predicted octanol–water partition coefficient (Wildman–Crippen LogP) is 2.72. The van der Waals surface area contributed by atoms with Gasteiger partial charge in [-0.1, -0.05) is 0 Å². The van der Waals surface area contributed by atoms with E-state index in [4.69, 9.17) is 0 Å². The second-order valence-corrected chi connectivity index (χ2v) is 5.33. The van der Waals surface area contributed by atoms with Gasteiger partial charge in [-0.25, -0.2) is 4.39 Å². The smallest absolute Gasteiger partial charge is 0.422 e. The molecule has 1 heterocycles. The van der Waals surface area contributed by atoms with E-state index in [-0.39, 0.29) is 24.6 Å². The van der Waals surface area contributed by atoms with Gasteiger partial charge in [-0.15, -0.1) is 0 Å². The molecule has 1 aromatic rings. The predicted molar refractivity (Wildman–Crippen MR) is 77.0 cm³/mol. The molecule has 0 aromatic heterocycles. The maximum Gasteiger partial charge on any atom is 0.422 e. The van der Waals surface area contributed by atoms with Crippen LogP contribution in [0.4, 0.5) is 23.2 Å². The molecule has 1 fully saturated rings. The summed E-state index contributed by atoms with van der Waals surface area (Å²) in [7, 11) is 0. The molecule has 0 aliphatic carbocycles. The first-order valence-electron chi connectivity index (χ1n) is 7.31. The van der Waals surface area contributed by atoms with E-state index in [2.05, 4.69) is 10.1 Å². The van der Waals surface area contributed by atoms with E-state index in [0.717, 1.165) is 24.6 Å². The minimum Gasteiger partial charge on any atom is -0.482 e. The van der Waals surface area contributed by atoms with E-state index in [1.165, 1.54) is 0 Å². The lowest BCUT2D eigenvalue weighted by molar-refractivity contribution is -0.153. The average Bonchev–Trinajstić information content (AvgIpc) is 2.90. The standard InChI is InChI=1S/C15H16F4N2O3/c16-10-3-4-11(12(8-10)24-9-15(17,18)19)20-13(22)5-7-21-6-1-2-14(21)23/h3-4,8H,1-2,5-7,9H2,(H,20,22). The number of halogens is 4. The van der Waals surface area contributed by atoms with Crippen LogP contribution < -0.4 is 10.1 Å². The Morgan fingerprint density at radius 3 is 2.71 bits per heavy atom. The molecule has 0 atom stereocenters. The van der Waals surface area contributed by atoms with Gasteiger partial charge in [0.1, 0.15) is 11.6 Å². The Morgan fingerprint density at radius 2 is 2.08 bits per heavy atom. The fraction of sp³-hybridized carbons (Fsp3) is 0.467. The molecule has 0 unspecified atom stereocenters. The normalized spacial score (nSPS) is 14.8.